The molecule has 1 aliphatic heterocycles. The summed E-state index contributed by atoms with van der Waals surface area (Å²) < 4.78 is 28.1. The Bertz CT molecular complexity index is 1090. The van der Waals surface area contributed by atoms with Gasteiger partial charge in [0.15, 0.2) is 6.23 Å². The maximum atomic E-state index is 14.7. The van der Waals surface area contributed by atoms with Gasteiger partial charge in [0.05, 0.1) is 11.5 Å². The van der Waals surface area contributed by atoms with Gasteiger partial charge in [-0.05, 0) is 43.2 Å². The Labute approximate surface area is 179 Å². The fourth-order valence-corrected chi connectivity index (χ4v) is 3.75. The third kappa shape index (κ3) is 4.32. The summed E-state index contributed by atoms with van der Waals surface area (Å²) >= 11 is 0. The van der Waals surface area contributed by atoms with Gasteiger partial charge in [0.2, 0.25) is 0 Å². The fraction of sp³-hybridized carbons (Fsp3) is 0.409. The van der Waals surface area contributed by atoms with Crippen LogP contribution in [-0.4, -0.2) is 45.9 Å². The van der Waals surface area contributed by atoms with Crippen LogP contribution in [0.5, 0.6) is 5.75 Å². The normalized spacial score (nSPS) is 20.8. The first-order chi connectivity index (χ1) is 15.0. The number of ether oxygens (including phenoxy) is 2. The first kappa shape index (κ1) is 21.0. The van der Waals surface area contributed by atoms with Crippen LogP contribution in [0.3, 0.4) is 0 Å². The van der Waals surface area contributed by atoms with Crippen molar-refractivity contribution in [1.29, 1.82) is 0 Å². The highest BCUT2D eigenvalue weighted by atomic mass is 19.1. The summed E-state index contributed by atoms with van der Waals surface area (Å²) in [5, 5.41) is 3.53. The molecule has 3 atom stereocenters. The minimum absolute atomic E-state index is 0.100. The summed E-state index contributed by atoms with van der Waals surface area (Å²) in [5.74, 6) is 0.856. The number of aromatic nitrogens is 3. The van der Waals surface area contributed by atoms with Gasteiger partial charge in [0.25, 0.3) is 5.91 Å². The molecule has 3 heterocycles. The predicted molar refractivity (Wildman–Crippen MR) is 115 cm³/mol. The lowest BCUT2D eigenvalue weighted by Crippen LogP contribution is -2.24. The van der Waals surface area contributed by atoms with Crippen molar-refractivity contribution < 1.29 is 18.7 Å². The number of amides is 1. The van der Waals surface area contributed by atoms with Gasteiger partial charge in [0, 0.05) is 24.7 Å². The Kier molecular flexibility index (Phi) is 6.03. The number of anilines is 1. The van der Waals surface area contributed by atoms with Crippen molar-refractivity contribution in [3.05, 3.63) is 47.9 Å². The molecule has 4 rings (SSSR count). The highest BCUT2D eigenvalue weighted by Crippen LogP contribution is 2.34. The van der Waals surface area contributed by atoms with Crippen molar-refractivity contribution in [2.24, 2.45) is 0 Å². The zero-order valence-corrected chi connectivity index (χ0v) is 17.5. The first-order valence-corrected chi connectivity index (χ1v) is 10.4. The van der Waals surface area contributed by atoms with E-state index in [1.807, 2.05) is 13.8 Å². The number of carbonyl (C=O) groups excluding carboxylic acids is 1. The van der Waals surface area contributed by atoms with E-state index in [0.29, 0.717) is 34.7 Å². The molecule has 31 heavy (non-hydrogen) atoms. The van der Waals surface area contributed by atoms with E-state index >= 15 is 0 Å². The second-order valence-corrected chi connectivity index (χ2v) is 7.66. The molecule has 0 aliphatic carbocycles. The second kappa shape index (κ2) is 8.89. The monoisotopic (exact) mass is 427 g/mol. The molecule has 0 spiro atoms. The lowest BCUT2D eigenvalue weighted by Gasteiger charge is -2.17. The zero-order chi connectivity index (χ0) is 22.0. The highest BCUT2D eigenvalue weighted by molar-refractivity contribution is 5.95. The number of halogens is 1. The number of nitrogens with two attached hydrogens (primary N) is 1. The molecule has 1 aliphatic rings. The van der Waals surface area contributed by atoms with Crippen LogP contribution in [0.15, 0.2) is 36.8 Å². The molecular formula is C22H26FN5O3. The van der Waals surface area contributed by atoms with Gasteiger partial charge in [-0.1, -0.05) is 6.92 Å². The summed E-state index contributed by atoms with van der Waals surface area (Å²) in [6.45, 7) is 4.70. The number of benzene rings is 1. The van der Waals surface area contributed by atoms with Gasteiger partial charge >= 0.3 is 0 Å². The maximum Gasteiger partial charge on any atom is 0.251 e. The van der Waals surface area contributed by atoms with Gasteiger partial charge in [0.1, 0.15) is 36.3 Å². The van der Waals surface area contributed by atoms with Crippen LogP contribution in [0.2, 0.25) is 0 Å². The molecule has 1 fully saturated rings. The van der Waals surface area contributed by atoms with Gasteiger partial charge in [-0.15, -0.1) is 0 Å². The minimum Gasteiger partial charge on any atom is -0.491 e. The molecule has 0 bridgehead atoms. The third-order valence-electron chi connectivity index (χ3n) is 5.36. The molecule has 164 valence electrons. The molecule has 3 N–H and O–H groups in total. The van der Waals surface area contributed by atoms with E-state index in [0.717, 1.165) is 12.0 Å². The average molecular weight is 427 g/mol. The number of fused-ring (bicyclic) bond motifs is 1. The van der Waals surface area contributed by atoms with Crippen LogP contribution in [0.25, 0.3) is 11.0 Å². The van der Waals surface area contributed by atoms with E-state index in [1.165, 1.54) is 6.33 Å². The van der Waals surface area contributed by atoms with Gasteiger partial charge in [-0.25, -0.2) is 14.4 Å². The Morgan fingerprint density at radius 1 is 1.39 bits per heavy atom. The number of hydrogen-bond donors (Lipinski definition) is 2. The number of carbonyl (C=O) groups is 1. The topological polar surface area (TPSA) is 104 Å². The van der Waals surface area contributed by atoms with E-state index in [1.54, 1.807) is 35.0 Å². The molecule has 1 saturated heterocycles. The number of nitrogens with one attached hydrogen (secondary N) is 1. The van der Waals surface area contributed by atoms with Crippen LogP contribution < -0.4 is 15.8 Å². The summed E-state index contributed by atoms with van der Waals surface area (Å²) in [4.78, 5) is 20.3. The maximum absolute atomic E-state index is 14.7. The fourth-order valence-electron chi connectivity index (χ4n) is 3.75. The Morgan fingerprint density at radius 2 is 2.23 bits per heavy atom. The number of aryl methyl sites for hydroxylation is 1. The SMILES string of the molecule is CCCNC(=O)c1ccc(OC[C@@H]2C[C@H](F)[C@H](n3ccc4c(N)ncnc43)O2)cc1C. The lowest BCUT2D eigenvalue weighted by molar-refractivity contribution is -0.0310. The van der Waals surface area contributed by atoms with E-state index in [2.05, 4.69) is 15.3 Å². The van der Waals surface area contributed by atoms with Crippen molar-refractivity contribution >= 4 is 22.8 Å². The molecule has 0 radical (unpaired) electrons. The molecule has 0 saturated carbocycles. The minimum atomic E-state index is -1.20. The quantitative estimate of drug-likeness (QED) is 0.600. The highest BCUT2D eigenvalue weighted by Gasteiger charge is 2.37. The second-order valence-electron chi connectivity index (χ2n) is 7.66. The molecule has 1 aromatic carbocycles. The van der Waals surface area contributed by atoms with Crippen molar-refractivity contribution in [3.63, 3.8) is 0 Å². The zero-order valence-electron chi connectivity index (χ0n) is 17.5. The summed E-state index contributed by atoms with van der Waals surface area (Å²) in [7, 11) is 0. The summed E-state index contributed by atoms with van der Waals surface area (Å²) in [6, 6.07) is 7.04. The molecule has 3 aromatic rings. The lowest BCUT2D eigenvalue weighted by atomic mass is 10.1. The number of rotatable bonds is 7. The third-order valence-corrected chi connectivity index (χ3v) is 5.36. The van der Waals surface area contributed by atoms with Crippen molar-refractivity contribution in [3.8, 4) is 5.75 Å². The van der Waals surface area contributed by atoms with E-state index in [4.69, 9.17) is 15.2 Å². The van der Waals surface area contributed by atoms with Gasteiger partial charge in [-0.2, -0.15) is 0 Å². The van der Waals surface area contributed by atoms with E-state index < -0.39 is 18.5 Å². The van der Waals surface area contributed by atoms with Crippen LogP contribution >= 0.6 is 0 Å². The van der Waals surface area contributed by atoms with Gasteiger partial charge in [-0.3, -0.25) is 4.79 Å². The molecule has 9 heteroatoms. The molecule has 2 aromatic heterocycles. The standard InChI is InChI=1S/C22H26FN5O3/c1-3-7-25-21(29)16-5-4-14(9-13(16)2)30-11-15-10-18(23)22(31-15)28-8-6-17-19(24)26-12-27-20(17)28/h4-6,8-9,12,15,18,22H,3,7,10-11H2,1-2H3,(H,25,29)(H2,24,26,27)/t15-,18-,22+/m0/s1. The van der Waals surface area contributed by atoms with Crippen LogP contribution in [0.1, 0.15) is 41.9 Å². The Morgan fingerprint density at radius 3 is 3.00 bits per heavy atom. The molecular weight excluding hydrogens is 401 g/mol. The van der Waals surface area contributed by atoms with Crippen molar-refractivity contribution in [2.45, 2.75) is 45.2 Å². The molecule has 8 nitrogen and oxygen atoms in total. The van der Waals surface area contributed by atoms with Gasteiger partial charge < -0.3 is 25.1 Å². The van der Waals surface area contributed by atoms with E-state index in [9.17, 15) is 9.18 Å². The Hall–Kier alpha value is -3.20. The first-order valence-electron chi connectivity index (χ1n) is 10.4. The van der Waals surface area contributed by atoms with E-state index in [-0.39, 0.29) is 18.9 Å². The van der Waals surface area contributed by atoms with Crippen LogP contribution in [0, 0.1) is 6.92 Å². The molecule has 1 amide bonds. The smallest absolute Gasteiger partial charge is 0.251 e. The largest absolute Gasteiger partial charge is 0.491 e. The average Bonchev–Trinajstić information content (AvgIpc) is 3.34. The van der Waals surface area contributed by atoms with Crippen LogP contribution in [-0.2, 0) is 4.74 Å². The van der Waals surface area contributed by atoms with Crippen molar-refractivity contribution in [1.82, 2.24) is 19.9 Å². The molecule has 0 unspecified atom stereocenters. The number of nitrogen functional groups attached to an aromatic ring is 1. The number of hydrogen-bond acceptors (Lipinski definition) is 6. The van der Waals surface area contributed by atoms with Crippen LogP contribution in [0.4, 0.5) is 10.2 Å². The number of nitrogens with zero attached hydrogens (tertiary/aromatic N) is 3. The van der Waals surface area contributed by atoms with Crippen molar-refractivity contribution in [2.75, 3.05) is 18.9 Å². The Balaban J connectivity index is 1.39. The summed E-state index contributed by atoms with van der Waals surface area (Å²) in [5.41, 5.74) is 7.83. The summed E-state index contributed by atoms with van der Waals surface area (Å²) in [6.07, 6.45) is 1.74. The number of alkyl halides is 1. The predicted octanol–water partition coefficient (Wildman–Crippen LogP) is 3.17.